The number of nitrogen functional groups attached to an aromatic ring is 1. The van der Waals surface area contributed by atoms with E-state index in [1.165, 1.54) is 5.56 Å². The van der Waals surface area contributed by atoms with Gasteiger partial charge in [-0.25, -0.2) is 0 Å². The van der Waals surface area contributed by atoms with Crippen LogP contribution in [0.1, 0.15) is 5.56 Å². The lowest BCUT2D eigenvalue weighted by atomic mass is 10.2. The molecular weight excluding hydrogens is 256 g/mol. The van der Waals surface area contributed by atoms with E-state index in [4.69, 9.17) is 5.73 Å². The van der Waals surface area contributed by atoms with Crippen molar-refractivity contribution in [2.75, 3.05) is 16.8 Å². The molecule has 0 aliphatic rings. The van der Waals surface area contributed by atoms with Crippen molar-refractivity contribution in [2.24, 2.45) is 0 Å². The highest BCUT2D eigenvalue weighted by molar-refractivity contribution is 7.99. The van der Waals surface area contributed by atoms with Gasteiger partial charge in [0.2, 0.25) is 5.91 Å². The summed E-state index contributed by atoms with van der Waals surface area (Å²) < 4.78 is 0. The predicted octanol–water partition coefficient (Wildman–Crippen LogP) is 3.14. The molecule has 2 rings (SSSR count). The number of anilines is 2. The maximum absolute atomic E-state index is 11.7. The minimum Gasteiger partial charge on any atom is -0.399 e. The molecule has 0 bridgehead atoms. The molecule has 0 aromatic heterocycles. The minimum absolute atomic E-state index is 0.0200. The van der Waals surface area contributed by atoms with E-state index in [1.807, 2.05) is 54.6 Å². The van der Waals surface area contributed by atoms with Gasteiger partial charge in [0.05, 0.1) is 5.75 Å². The SMILES string of the molecule is Nc1ccc(CSCC(=O)Nc2ccccc2)cc1. The Morgan fingerprint density at radius 1 is 1.05 bits per heavy atom. The van der Waals surface area contributed by atoms with Gasteiger partial charge in [0.15, 0.2) is 0 Å². The lowest BCUT2D eigenvalue weighted by Gasteiger charge is -2.05. The number of carbonyl (C=O) groups is 1. The van der Waals surface area contributed by atoms with Crippen molar-refractivity contribution in [1.82, 2.24) is 0 Å². The Bertz CT molecular complexity index is 526. The molecule has 4 heteroatoms. The van der Waals surface area contributed by atoms with E-state index in [1.54, 1.807) is 11.8 Å². The summed E-state index contributed by atoms with van der Waals surface area (Å²) in [4.78, 5) is 11.7. The molecule has 0 radical (unpaired) electrons. The van der Waals surface area contributed by atoms with Crippen LogP contribution in [0, 0.1) is 0 Å². The Labute approximate surface area is 117 Å². The molecule has 2 aromatic rings. The van der Waals surface area contributed by atoms with Crippen LogP contribution >= 0.6 is 11.8 Å². The molecule has 0 fully saturated rings. The number of nitrogens with one attached hydrogen (secondary N) is 1. The number of hydrogen-bond acceptors (Lipinski definition) is 3. The fraction of sp³-hybridized carbons (Fsp3) is 0.133. The standard InChI is InChI=1S/C15H16N2OS/c16-13-8-6-12(7-9-13)10-19-11-15(18)17-14-4-2-1-3-5-14/h1-9H,10-11,16H2,(H,17,18). The highest BCUT2D eigenvalue weighted by Gasteiger charge is 2.02. The van der Waals surface area contributed by atoms with E-state index < -0.39 is 0 Å². The van der Waals surface area contributed by atoms with Crippen molar-refractivity contribution >= 4 is 29.0 Å². The third-order valence-electron chi connectivity index (χ3n) is 2.54. The van der Waals surface area contributed by atoms with E-state index in [2.05, 4.69) is 5.32 Å². The van der Waals surface area contributed by atoms with Gasteiger partial charge in [-0.05, 0) is 29.8 Å². The Morgan fingerprint density at radius 3 is 2.42 bits per heavy atom. The summed E-state index contributed by atoms with van der Waals surface area (Å²) in [6, 6.07) is 17.2. The van der Waals surface area contributed by atoms with E-state index in [0.717, 1.165) is 17.1 Å². The molecule has 2 aromatic carbocycles. The summed E-state index contributed by atoms with van der Waals surface area (Å²) in [7, 11) is 0. The van der Waals surface area contributed by atoms with Crippen LogP contribution in [0.15, 0.2) is 54.6 Å². The van der Waals surface area contributed by atoms with Crippen LogP contribution in [0.4, 0.5) is 11.4 Å². The minimum atomic E-state index is 0.0200. The topological polar surface area (TPSA) is 55.1 Å². The Hall–Kier alpha value is -1.94. The smallest absolute Gasteiger partial charge is 0.234 e. The van der Waals surface area contributed by atoms with Gasteiger partial charge in [-0.2, -0.15) is 0 Å². The normalized spacial score (nSPS) is 10.1. The number of benzene rings is 2. The lowest BCUT2D eigenvalue weighted by Crippen LogP contribution is -2.13. The van der Waals surface area contributed by atoms with Crippen molar-refractivity contribution in [1.29, 1.82) is 0 Å². The van der Waals surface area contributed by atoms with E-state index in [-0.39, 0.29) is 5.91 Å². The molecule has 3 N–H and O–H groups in total. The van der Waals surface area contributed by atoms with Crippen LogP contribution in [-0.4, -0.2) is 11.7 Å². The molecule has 0 saturated carbocycles. The van der Waals surface area contributed by atoms with Gasteiger partial charge in [0, 0.05) is 17.1 Å². The van der Waals surface area contributed by atoms with Gasteiger partial charge >= 0.3 is 0 Å². The van der Waals surface area contributed by atoms with E-state index >= 15 is 0 Å². The first-order valence-corrected chi connectivity index (χ1v) is 7.16. The van der Waals surface area contributed by atoms with Gasteiger partial charge in [-0.1, -0.05) is 30.3 Å². The van der Waals surface area contributed by atoms with Crippen LogP contribution in [0.2, 0.25) is 0 Å². The zero-order valence-corrected chi connectivity index (χ0v) is 11.3. The molecule has 0 aliphatic carbocycles. The summed E-state index contributed by atoms with van der Waals surface area (Å²) in [6.07, 6.45) is 0. The largest absolute Gasteiger partial charge is 0.399 e. The number of nitrogens with two attached hydrogens (primary N) is 1. The molecule has 0 spiro atoms. The maximum atomic E-state index is 11.7. The molecule has 0 atom stereocenters. The number of carbonyl (C=O) groups excluding carboxylic acids is 1. The first-order valence-electron chi connectivity index (χ1n) is 6.01. The van der Waals surface area contributed by atoms with Crippen LogP contribution in [0.25, 0.3) is 0 Å². The second kappa shape index (κ2) is 6.85. The number of rotatable bonds is 5. The van der Waals surface area contributed by atoms with Crippen LogP contribution in [0.5, 0.6) is 0 Å². The number of amides is 1. The van der Waals surface area contributed by atoms with Gasteiger partial charge in [0.1, 0.15) is 0 Å². The lowest BCUT2D eigenvalue weighted by molar-refractivity contribution is -0.113. The van der Waals surface area contributed by atoms with Crippen molar-refractivity contribution in [3.8, 4) is 0 Å². The molecule has 3 nitrogen and oxygen atoms in total. The molecular formula is C15H16N2OS. The first-order chi connectivity index (χ1) is 9.24. The Morgan fingerprint density at radius 2 is 1.74 bits per heavy atom. The highest BCUT2D eigenvalue weighted by atomic mass is 32.2. The highest BCUT2D eigenvalue weighted by Crippen LogP contribution is 2.14. The summed E-state index contributed by atoms with van der Waals surface area (Å²) in [5, 5.41) is 2.86. The van der Waals surface area contributed by atoms with Crippen LogP contribution < -0.4 is 11.1 Å². The van der Waals surface area contributed by atoms with Crippen LogP contribution in [-0.2, 0) is 10.5 Å². The zero-order valence-electron chi connectivity index (χ0n) is 10.5. The van der Waals surface area contributed by atoms with Crippen molar-refractivity contribution in [3.63, 3.8) is 0 Å². The quantitative estimate of drug-likeness (QED) is 0.822. The summed E-state index contributed by atoms with van der Waals surface area (Å²) in [5.41, 5.74) is 8.39. The Kier molecular flexibility index (Phi) is 4.86. The van der Waals surface area contributed by atoms with Gasteiger partial charge < -0.3 is 11.1 Å². The second-order valence-electron chi connectivity index (χ2n) is 4.15. The molecule has 0 saturated heterocycles. The summed E-state index contributed by atoms with van der Waals surface area (Å²) in [6.45, 7) is 0. The third-order valence-corrected chi connectivity index (χ3v) is 3.54. The monoisotopic (exact) mass is 272 g/mol. The molecule has 1 amide bonds. The maximum Gasteiger partial charge on any atom is 0.234 e. The average Bonchev–Trinajstić information content (AvgIpc) is 2.42. The van der Waals surface area contributed by atoms with E-state index in [0.29, 0.717) is 5.75 Å². The third kappa shape index (κ3) is 4.67. The molecule has 0 heterocycles. The average molecular weight is 272 g/mol. The van der Waals surface area contributed by atoms with Crippen molar-refractivity contribution < 1.29 is 4.79 Å². The molecule has 98 valence electrons. The second-order valence-corrected chi connectivity index (χ2v) is 5.13. The zero-order chi connectivity index (χ0) is 13.5. The van der Waals surface area contributed by atoms with Crippen molar-refractivity contribution in [3.05, 3.63) is 60.2 Å². The number of para-hydroxylation sites is 1. The number of thioether (sulfide) groups is 1. The molecule has 0 aliphatic heterocycles. The van der Waals surface area contributed by atoms with Crippen LogP contribution in [0.3, 0.4) is 0 Å². The molecule has 19 heavy (non-hydrogen) atoms. The number of hydrogen-bond donors (Lipinski definition) is 2. The fourth-order valence-corrected chi connectivity index (χ4v) is 2.38. The van der Waals surface area contributed by atoms with Gasteiger partial charge in [-0.3, -0.25) is 4.79 Å². The fourth-order valence-electron chi connectivity index (χ4n) is 1.59. The summed E-state index contributed by atoms with van der Waals surface area (Å²) >= 11 is 1.59. The van der Waals surface area contributed by atoms with Crippen molar-refractivity contribution in [2.45, 2.75) is 5.75 Å². The van der Waals surface area contributed by atoms with Gasteiger partial charge in [0.25, 0.3) is 0 Å². The Balaban J connectivity index is 1.74. The predicted molar refractivity (Wildman–Crippen MR) is 82.1 cm³/mol. The first kappa shape index (κ1) is 13.5. The molecule has 0 unspecified atom stereocenters. The van der Waals surface area contributed by atoms with E-state index in [9.17, 15) is 4.79 Å². The van der Waals surface area contributed by atoms with Gasteiger partial charge in [-0.15, -0.1) is 11.8 Å². The summed E-state index contributed by atoms with van der Waals surface area (Å²) in [5.74, 6) is 1.27.